The molecule has 0 aromatic carbocycles. The van der Waals surface area contributed by atoms with E-state index in [1.807, 2.05) is 33.3 Å². The average molecular weight is 1180 g/mol. The molecule has 0 aliphatic heterocycles. The molecule has 0 aromatic heterocycles. The number of nitrogens with zero attached hydrogens (tertiary/aromatic N) is 1. The molecule has 0 saturated carbocycles. The highest BCUT2D eigenvalue weighted by Gasteiger charge is 2.27. The van der Waals surface area contributed by atoms with Gasteiger partial charge in [-0.25, -0.2) is 0 Å². The summed E-state index contributed by atoms with van der Waals surface area (Å²) in [6, 6.07) is -0.903. The van der Waals surface area contributed by atoms with Gasteiger partial charge in [0.05, 0.1) is 33.8 Å². The van der Waals surface area contributed by atoms with Crippen LogP contribution in [0.15, 0.2) is 72.9 Å². The Morgan fingerprint density at radius 1 is 0.434 bits per heavy atom. The van der Waals surface area contributed by atoms with E-state index in [1.165, 1.54) is 199 Å². The molecule has 0 rings (SSSR count). The molecule has 1 amide bonds. The summed E-state index contributed by atoms with van der Waals surface area (Å²) in [5, 5.41) is 3.03. The number of hydrogen-bond acceptors (Lipinski definition) is 7. The van der Waals surface area contributed by atoms with E-state index in [1.54, 1.807) is 0 Å². The summed E-state index contributed by atoms with van der Waals surface area (Å²) in [6.07, 6.45) is 81.9. The van der Waals surface area contributed by atoms with Crippen molar-refractivity contribution in [3.63, 3.8) is 0 Å². The van der Waals surface area contributed by atoms with Crippen molar-refractivity contribution < 1.29 is 37.3 Å². The molecule has 0 aromatic rings. The van der Waals surface area contributed by atoms with Crippen LogP contribution in [0, 0.1) is 0 Å². The summed E-state index contributed by atoms with van der Waals surface area (Å²) in [5.74, 6) is -0.569. The Labute approximate surface area is 514 Å². The molecule has 1 N–H and O–H groups in total. The summed E-state index contributed by atoms with van der Waals surface area (Å²) in [6.45, 7) is 6.74. The van der Waals surface area contributed by atoms with E-state index in [9.17, 15) is 19.0 Å². The van der Waals surface area contributed by atoms with Crippen LogP contribution in [0.2, 0.25) is 0 Å². The summed E-state index contributed by atoms with van der Waals surface area (Å²) in [7, 11) is 1.17. The standard InChI is InChI=1S/C73H135N2O7P/c1-7-10-13-16-19-22-25-27-29-31-33-34-35-36-37-38-39-40-42-43-45-47-50-53-56-59-62-65-72(76)74-70(69-81-83(78,79)80-68-67-75(4,5)6)71(64-61-58-55-52-49-24-21-18-15-12-9-3)82-73(77)66-63-60-57-54-51-48-46-44-41-32-30-28-26-23-20-17-14-11-8-2/h11,14,20,23,28,30,41,44,48,51,61,64,70-71H,7-10,12-13,15-19,21-22,24-27,29,31-40,42-43,45-47,49-50,52-60,62-63,65-69H2,1-6H3,(H-,74,76,78,79)/b14-11-,23-20-,30-28-,44-41-,51-48-,64-61-. The number of unbranched alkanes of at least 4 members (excludes halogenated alkanes) is 38. The van der Waals surface area contributed by atoms with Crippen LogP contribution in [0.4, 0.5) is 0 Å². The number of nitrogens with one attached hydrogen (secondary N) is 1. The van der Waals surface area contributed by atoms with Gasteiger partial charge in [0.1, 0.15) is 19.3 Å². The Kier molecular flexibility index (Phi) is 60.6. The number of carbonyl (C=O) groups is 2. The lowest BCUT2D eigenvalue weighted by atomic mass is 10.0. The van der Waals surface area contributed by atoms with Gasteiger partial charge in [-0.15, -0.1) is 0 Å². The fourth-order valence-corrected chi connectivity index (χ4v) is 11.0. The second kappa shape index (κ2) is 62.5. The molecule has 0 saturated heterocycles. The molecule has 484 valence electrons. The zero-order chi connectivity index (χ0) is 60.7. The second-order valence-electron chi connectivity index (χ2n) is 25.0. The van der Waals surface area contributed by atoms with Gasteiger partial charge in [-0.2, -0.15) is 0 Å². The Bertz CT molecular complexity index is 1650. The minimum absolute atomic E-state index is 0.0287. The highest BCUT2D eigenvalue weighted by Crippen LogP contribution is 2.38. The van der Waals surface area contributed by atoms with Gasteiger partial charge in [-0.3, -0.25) is 14.2 Å². The maximum atomic E-state index is 13.6. The fraction of sp³-hybridized carbons (Fsp3) is 0.808. The number of hydrogen-bond donors (Lipinski definition) is 1. The summed E-state index contributed by atoms with van der Waals surface area (Å²) in [5.41, 5.74) is 0. The molecule has 10 heteroatoms. The molecular formula is C73H135N2O7P. The number of allylic oxidation sites excluding steroid dienone is 11. The topological polar surface area (TPSA) is 114 Å². The van der Waals surface area contributed by atoms with Crippen molar-refractivity contribution in [1.82, 2.24) is 5.32 Å². The van der Waals surface area contributed by atoms with Gasteiger partial charge in [0.25, 0.3) is 7.82 Å². The van der Waals surface area contributed by atoms with Crippen LogP contribution >= 0.6 is 7.82 Å². The zero-order valence-corrected chi connectivity index (χ0v) is 56.3. The quantitative estimate of drug-likeness (QED) is 0.0212. The highest BCUT2D eigenvalue weighted by molar-refractivity contribution is 7.45. The first kappa shape index (κ1) is 80.5. The second-order valence-corrected chi connectivity index (χ2v) is 26.4. The van der Waals surface area contributed by atoms with Gasteiger partial charge in [-0.1, -0.05) is 312 Å². The third kappa shape index (κ3) is 63.8. The first-order chi connectivity index (χ1) is 40.4. The lowest BCUT2D eigenvalue weighted by Gasteiger charge is -2.30. The van der Waals surface area contributed by atoms with Crippen molar-refractivity contribution in [3.8, 4) is 0 Å². The molecule has 3 unspecified atom stereocenters. The van der Waals surface area contributed by atoms with Crippen LogP contribution in [0.25, 0.3) is 0 Å². The Morgan fingerprint density at radius 2 is 0.771 bits per heavy atom. The molecule has 0 fully saturated rings. The van der Waals surface area contributed by atoms with Crippen molar-refractivity contribution in [2.75, 3.05) is 40.9 Å². The lowest BCUT2D eigenvalue weighted by molar-refractivity contribution is -0.870. The van der Waals surface area contributed by atoms with Gasteiger partial charge >= 0.3 is 5.97 Å². The third-order valence-corrected chi connectivity index (χ3v) is 16.6. The summed E-state index contributed by atoms with van der Waals surface area (Å²) >= 11 is 0. The molecule has 0 aliphatic carbocycles. The predicted molar refractivity (Wildman–Crippen MR) is 358 cm³/mol. The lowest BCUT2D eigenvalue weighted by Crippen LogP contribution is -2.47. The number of ether oxygens (including phenoxy) is 1. The van der Waals surface area contributed by atoms with Crippen LogP contribution in [0.3, 0.4) is 0 Å². The summed E-state index contributed by atoms with van der Waals surface area (Å²) < 4.78 is 30.4. The average Bonchev–Trinajstić information content (AvgIpc) is 3.51. The van der Waals surface area contributed by atoms with Gasteiger partial charge in [0.15, 0.2) is 0 Å². The number of carbonyl (C=O) groups excluding carboxylic acids is 2. The number of amides is 1. The van der Waals surface area contributed by atoms with Gasteiger partial charge in [0, 0.05) is 12.8 Å². The van der Waals surface area contributed by atoms with Crippen molar-refractivity contribution in [2.24, 2.45) is 0 Å². The molecule has 0 heterocycles. The van der Waals surface area contributed by atoms with E-state index < -0.39 is 26.6 Å². The molecule has 9 nitrogen and oxygen atoms in total. The molecule has 0 spiro atoms. The van der Waals surface area contributed by atoms with Crippen molar-refractivity contribution in [2.45, 2.75) is 341 Å². The van der Waals surface area contributed by atoms with Crippen LogP contribution in [0.5, 0.6) is 0 Å². The Balaban J connectivity index is 5.01. The SMILES string of the molecule is CC/C=C\C/C=C\C/C=C\C/C=C\C/C=C\CCCCCC(=O)OC(/C=C\CCCCCCCCCCC)C(COP(=O)([O-])OCC[N+](C)(C)C)NC(=O)CCCCCCCCCCCCCCCCCCCCCCCCCCCCC. The minimum Gasteiger partial charge on any atom is -0.756 e. The Hall–Kier alpha value is -2.55. The van der Waals surface area contributed by atoms with E-state index in [4.69, 9.17) is 13.8 Å². The van der Waals surface area contributed by atoms with Crippen molar-refractivity contribution >= 4 is 19.7 Å². The highest BCUT2D eigenvalue weighted by atomic mass is 31.2. The van der Waals surface area contributed by atoms with Crippen LogP contribution < -0.4 is 10.2 Å². The number of likely N-dealkylation sites (N-methyl/N-ethyl adjacent to an activating group) is 1. The molecular weight excluding hydrogens is 1050 g/mol. The molecule has 83 heavy (non-hydrogen) atoms. The minimum atomic E-state index is -4.71. The zero-order valence-electron chi connectivity index (χ0n) is 55.4. The first-order valence-electron chi connectivity index (χ1n) is 35.2. The Morgan fingerprint density at radius 3 is 1.17 bits per heavy atom. The van der Waals surface area contributed by atoms with Gasteiger partial charge < -0.3 is 28.5 Å². The van der Waals surface area contributed by atoms with Crippen LogP contribution in [-0.4, -0.2) is 69.4 Å². The molecule has 0 radical (unpaired) electrons. The van der Waals surface area contributed by atoms with Crippen LogP contribution in [0.1, 0.15) is 329 Å². The van der Waals surface area contributed by atoms with Crippen molar-refractivity contribution in [3.05, 3.63) is 72.9 Å². The number of phosphoric acid groups is 1. The monoisotopic (exact) mass is 1180 g/mol. The van der Waals surface area contributed by atoms with Gasteiger partial charge in [-0.05, 0) is 76.7 Å². The van der Waals surface area contributed by atoms with E-state index in [2.05, 4.69) is 86.8 Å². The van der Waals surface area contributed by atoms with Crippen LogP contribution in [-0.2, 0) is 27.9 Å². The largest absolute Gasteiger partial charge is 0.756 e. The number of phosphoric ester groups is 1. The number of quaternary nitrogens is 1. The number of rotatable bonds is 64. The smallest absolute Gasteiger partial charge is 0.306 e. The fourth-order valence-electron chi connectivity index (χ4n) is 10.3. The van der Waals surface area contributed by atoms with E-state index >= 15 is 0 Å². The third-order valence-electron chi connectivity index (χ3n) is 15.7. The summed E-state index contributed by atoms with van der Waals surface area (Å²) in [4.78, 5) is 40.1. The normalized spacial score (nSPS) is 14.0. The molecule has 0 bridgehead atoms. The molecule has 0 aliphatic rings. The molecule has 3 atom stereocenters. The van der Waals surface area contributed by atoms with Crippen molar-refractivity contribution in [1.29, 1.82) is 0 Å². The first-order valence-corrected chi connectivity index (χ1v) is 36.7. The van der Waals surface area contributed by atoms with E-state index in [-0.39, 0.29) is 24.9 Å². The maximum absolute atomic E-state index is 13.6. The van der Waals surface area contributed by atoms with Gasteiger partial charge in [0.2, 0.25) is 5.91 Å². The van der Waals surface area contributed by atoms with E-state index in [0.717, 1.165) is 89.9 Å². The number of esters is 1. The predicted octanol–water partition coefficient (Wildman–Crippen LogP) is 21.7. The maximum Gasteiger partial charge on any atom is 0.306 e. The van der Waals surface area contributed by atoms with E-state index in [0.29, 0.717) is 23.9 Å².